The molecule has 0 spiro atoms. The first-order valence-corrected chi connectivity index (χ1v) is 6.48. The molecule has 3 atom stereocenters. The zero-order chi connectivity index (χ0) is 10.0. The van der Waals surface area contributed by atoms with Gasteiger partial charge in [0.25, 0.3) is 0 Å². The Morgan fingerprint density at radius 3 is 2.79 bits per heavy atom. The quantitative estimate of drug-likeness (QED) is 0.732. The molecule has 0 aromatic rings. The molecule has 0 aromatic carbocycles. The van der Waals surface area contributed by atoms with Crippen molar-refractivity contribution in [1.82, 2.24) is 0 Å². The Morgan fingerprint density at radius 2 is 2.00 bits per heavy atom. The molecule has 1 nitrogen and oxygen atoms in total. The zero-order valence-electron chi connectivity index (χ0n) is 9.47. The van der Waals surface area contributed by atoms with Gasteiger partial charge in [-0.2, -0.15) is 0 Å². The van der Waals surface area contributed by atoms with Crippen molar-refractivity contribution in [2.24, 2.45) is 11.8 Å². The molecule has 0 heterocycles. The standard InChI is InChI=1S/C13H24O/c1-2-3-9-13(14)10-11-7-5-4-6-8-12(11)13/h11-12,14H,2-10H2,1H3/t11-,12-,13+/m0/s1. The van der Waals surface area contributed by atoms with Gasteiger partial charge in [-0.05, 0) is 37.5 Å². The Labute approximate surface area is 87.9 Å². The molecule has 0 saturated heterocycles. The van der Waals surface area contributed by atoms with E-state index in [1.54, 1.807) is 0 Å². The van der Waals surface area contributed by atoms with Crippen LogP contribution in [0.2, 0.25) is 0 Å². The monoisotopic (exact) mass is 196 g/mol. The van der Waals surface area contributed by atoms with Crippen LogP contribution in [0.25, 0.3) is 0 Å². The fourth-order valence-electron chi connectivity index (χ4n) is 3.55. The normalized spacial score (nSPS) is 42.4. The smallest absolute Gasteiger partial charge is 0.0681 e. The second-order valence-corrected chi connectivity index (χ2v) is 5.42. The minimum Gasteiger partial charge on any atom is -0.390 e. The van der Waals surface area contributed by atoms with Crippen LogP contribution in [0, 0.1) is 11.8 Å². The Bertz CT molecular complexity index is 190. The van der Waals surface area contributed by atoms with E-state index in [2.05, 4.69) is 6.92 Å². The molecule has 2 saturated carbocycles. The molecule has 2 fully saturated rings. The van der Waals surface area contributed by atoms with Crippen LogP contribution in [0.5, 0.6) is 0 Å². The summed E-state index contributed by atoms with van der Waals surface area (Å²) in [5.74, 6) is 1.54. The van der Waals surface area contributed by atoms with Crippen molar-refractivity contribution in [2.75, 3.05) is 0 Å². The summed E-state index contributed by atoms with van der Waals surface area (Å²) < 4.78 is 0. The van der Waals surface area contributed by atoms with Gasteiger partial charge in [0.15, 0.2) is 0 Å². The summed E-state index contributed by atoms with van der Waals surface area (Å²) in [5.41, 5.74) is -0.245. The molecule has 2 aliphatic rings. The third kappa shape index (κ3) is 1.84. The molecule has 0 bridgehead atoms. The van der Waals surface area contributed by atoms with Crippen molar-refractivity contribution in [3.05, 3.63) is 0 Å². The van der Waals surface area contributed by atoms with Crippen molar-refractivity contribution in [3.8, 4) is 0 Å². The fraction of sp³-hybridized carbons (Fsp3) is 1.00. The van der Waals surface area contributed by atoms with E-state index in [1.807, 2.05) is 0 Å². The van der Waals surface area contributed by atoms with Crippen molar-refractivity contribution in [1.29, 1.82) is 0 Å². The summed E-state index contributed by atoms with van der Waals surface area (Å²) in [6, 6.07) is 0. The molecule has 2 rings (SSSR count). The van der Waals surface area contributed by atoms with Crippen LogP contribution in [-0.4, -0.2) is 10.7 Å². The second kappa shape index (κ2) is 4.22. The number of unbranched alkanes of at least 4 members (excludes halogenated alkanes) is 1. The molecular weight excluding hydrogens is 172 g/mol. The van der Waals surface area contributed by atoms with Gasteiger partial charge in [0, 0.05) is 0 Å². The van der Waals surface area contributed by atoms with Gasteiger partial charge in [-0.3, -0.25) is 0 Å². The van der Waals surface area contributed by atoms with E-state index in [-0.39, 0.29) is 5.60 Å². The maximum Gasteiger partial charge on any atom is 0.0681 e. The molecule has 2 aliphatic carbocycles. The van der Waals surface area contributed by atoms with Gasteiger partial charge in [-0.15, -0.1) is 0 Å². The third-order valence-electron chi connectivity index (χ3n) is 4.43. The number of hydrogen-bond acceptors (Lipinski definition) is 1. The average Bonchev–Trinajstić information content (AvgIpc) is 2.36. The van der Waals surface area contributed by atoms with E-state index in [4.69, 9.17) is 0 Å². The van der Waals surface area contributed by atoms with Gasteiger partial charge in [-0.1, -0.05) is 39.0 Å². The number of aliphatic hydroxyl groups is 1. The fourth-order valence-corrected chi connectivity index (χ4v) is 3.55. The molecule has 14 heavy (non-hydrogen) atoms. The highest BCUT2D eigenvalue weighted by Crippen LogP contribution is 2.52. The van der Waals surface area contributed by atoms with E-state index in [1.165, 1.54) is 44.9 Å². The van der Waals surface area contributed by atoms with E-state index >= 15 is 0 Å². The Balaban J connectivity index is 1.89. The summed E-state index contributed by atoms with van der Waals surface area (Å²) in [6.07, 6.45) is 11.4. The summed E-state index contributed by atoms with van der Waals surface area (Å²) in [6.45, 7) is 2.21. The number of fused-ring (bicyclic) bond motifs is 1. The largest absolute Gasteiger partial charge is 0.390 e. The van der Waals surface area contributed by atoms with Gasteiger partial charge in [0.2, 0.25) is 0 Å². The predicted molar refractivity (Wildman–Crippen MR) is 59.2 cm³/mol. The molecule has 1 heteroatoms. The van der Waals surface area contributed by atoms with Gasteiger partial charge in [-0.25, -0.2) is 0 Å². The highest BCUT2D eigenvalue weighted by atomic mass is 16.3. The topological polar surface area (TPSA) is 20.2 Å². The summed E-state index contributed by atoms with van der Waals surface area (Å²) >= 11 is 0. The van der Waals surface area contributed by atoms with Crippen LogP contribution < -0.4 is 0 Å². The minimum absolute atomic E-state index is 0.245. The lowest BCUT2D eigenvalue weighted by Crippen LogP contribution is -2.53. The lowest BCUT2D eigenvalue weighted by molar-refractivity contribution is -0.146. The van der Waals surface area contributed by atoms with Crippen molar-refractivity contribution >= 4 is 0 Å². The summed E-state index contributed by atoms with van der Waals surface area (Å²) in [5, 5.41) is 10.5. The van der Waals surface area contributed by atoms with Gasteiger partial charge in [0.05, 0.1) is 5.60 Å². The molecule has 0 aromatic heterocycles. The van der Waals surface area contributed by atoms with Crippen molar-refractivity contribution in [2.45, 2.75) is 70.3 Å². The Kier molecular flexibility index (Phi) is 3.16. The Morgan fingerprint density at radius 1 is 1.21 bits per heavy atom. The van der Waals surface area contributed by atoms with Crippen LogP contribution in [0.15, 0.2) is 0 Å². The molecule has 0 aliphatic heterocycles. The average molecular weight is 196 g/mol. The first-order chi connectivity index (χ1) is 6.76. The van der Waals surface area contributed by atoms with Crippen LogP contribution in [0.4, 0.5) is 0 Å². The van der Waals surface area contributed by atoms with E-state index in [0.717, 1.165) is 18.8 Å². The van der Waals surface area contributed by atoms with Gasteiger partial charge < -0.3 is 5.11 Å². The van der Waals surface area contributed by atoms with Crippen LogP contribution >= 0.6 is 0 Å². The molecule has 0 radical (unpaired) electrons. The number of hydrogen-bond donors (Lipinski definition) is 1. The highest BCUT2D eigenvalue weighted by molar-refractivity contribution is 5.02. The lowest BCUT2D eigenvalue weighted by Gasteiger charge is -2.52. The molecule has 0 unspecified atom stereocenters. The lowest BCUT2D eigenvalue weighted by atomic mass is 9.57. The van der Waals surface area contributed by atoms with Crippen molar-refractivity contribution < 1.29 is 5.11 Å². The SMILES string of the molecule is CCCC[C@@]1(O)C[C@@H]2CCCCC[C@@H]21. The summed E-state index contributed by atoms with van der Waals surface area (Å²) in [4.78, 5) is 0. The van der Waals surface area contributed by atoms with Gasteiger partial charge >= 0.3 is 0 Å². The van der Waals surface area contributed by atoms with Crippen molar-refractivity contribution in [3.63, 3.8) is 0 Å². The first kappa shape index (κ1) is 10.5. The second-order valence-electron chi connectivity index (χ2n) is 5.42. The van der Waals surface area contributed by atoms with E-state index in [0.29, 0.717) is 5.92 Å². The van der Waals surface area contributed by atoms with Crippen LogP contribution in [-0.2, 0) is 0 Å². The van der Waals surface area contributed by atoms with E-state index < -0.39 is 0 Å². The van der Waals surface area contributed by atoms with Crippen LogP contribution in [0.3, 0.4) is 0 Å². The van der Waals surface area contributed by atoms with Gasteiger partial charge in [0.1, 0.15) is 0 Å². The minimum atomic E-state index is -0.245. The maximum absolute atomic E-state index is 10.5. The van der Waals surface area contributed by atoms with E-state index in [9.17, 15) is 5.11 Å². The number of rotatable bonds is 3. The molecule has 82 valence electrons. The highest BCUT2D eigenvalue weighted by Gasteiger charge is 2.51. The third-order valence-corrected chi connectivity index (χ3v) is 4.43. The Hall–Kier alpha value is -0.0400. The molecule has 0 amide bonds. The summed E-state index contributed by atoms with van der Waals surface area (Å²) in [7, 11) is 0. The first-order valence-electron chi connectivity index (χ1n) is 6.48. The van der Waals surface area contributed by atoms with Crippen LogP contribution in [0.1, 0.15) is 64.7 Å². The maximum atomic E-state index is 10.5. The zero-order valence-corrected chi connectivity index (χ0v) is 9.47. The molecular formula is C13H24O. The molecule has 1 N–H and O–H groups in total. The predicted octanol–water partition coefficient (Wildman–Crippen LogP) is 3.51.